The van der Waals surface area contributed by atoms with Crippen LogP contribution in [0.25, 0.3) is 11.1 Å². The van der Waals surface area contributed by atoms with E-state index in [4.69, 9.17) is 4.74 Å². The van der Waals surface area contributed by atoms with Gasteiger partial charge in [-0.05, 0) is 65.2 Å². The van der Waals surface area contributed by atoms with Crippen LogP contribution in [0.1, 0.15) is 21.5 Å². The largest absolute Gasteiger partial charge is 0.490 e. The Hall–Kier alpha value is -5.32. The van der Waals surface area contributed by atoms with E-state index in [0.717, 1.165) is 12.1 Å². The molecule has 2 amide bonds. The fourth-order valence-corrected chi connectivity index (χ4v) is 4.42. The van der Waals surface area contributed by atoms with Gasteiger partial charge in [0.1, 0.15) is 11.6 Å². The molecule has 1 aliphatic heterocycles. The third-order valence-corrected chi connectivity index (χ3v) is 6.46. The molecule has 11 heteroatoms. The van der Waals surface area contributed by atoms with Crippen molar-refractivity contribution in [3.63, 3.8) is 0 Å². The number of hydrogen-bond acceptors (Lipinski definition) is 6. The van der Waals surface area contributed by atoms with Crippen LogP contribution in [0.15, 0.2) is 72.8 Å². The van der Waals surface area contributed by atoms with Crippen molar-refractivity contribution < 1.29 is 28.0 Å². The molecule has 0 aromatic heterocycles. The van der Waals surface area contributed by atoms with Crippen molar-refractivity contribution in [2.45, 2.75) is 13.0 Å². The summed E-state index contributed by atoms with van der Waals surface area (Å²) >= 11 is 0. The van der Waals surface area contributed by atoms with Gasteiger partial charge in [-0.2, -0.15) is 0 Å². The SMILES string of the molecule is COc1cc(-c2ccc3c(c2)Nc2cc(CC(=O)NCc4c(F)cccc4F)ccc2NC3=O)ccc1[N+](=O)[O-]. The lowest BCUT2D eigenvalue weighted by atomic mass is 10.0. The van der Waals surface area contributed by atoms with Crippen molar-refractivity contribution in [3.05, 3.63) is 111 Å². The Morgan fingerprint density at radius 1 is 0.925 bits per heavy atom. The molecule has 4 aromatic carbocycles. The minimum absolute atomic E-state index is 0.0610. The van der Waals surface area contributed by atoms with E-state index in [1.165, 1.54) is 19.2 Å². The molecule has 0 saturated heterocycles. The second kappa shape index (κ2) is 10.8. The number of halogens is 2. The lowest BCUT2D eigenvalue weighted by Gasteiger charge is -2.13. The first-order valence-corrected chi connectivity index (χ1v) is 12.1. The number of carbonyl (C=O) groups excluding carboxylic acids is 2. The van der Waals surface area contributed by atoms with Crippen molar-refractivity contribution in [1.29, 1.82) is 0 Å². The fourth-order valence-electron chi connectivity index (χ4n) is 4.42. The normalized spacial score (nSPS) is 11.8. The minimum Gasteiger partial charge on any atom is -0.490 e. The molecule has 0 unspecified atom stereocenters. The van der Waals surface area contributed by atoms with Crippen LogP contribution in [0, 0.1) is 21.7 Å². The summed E-state index contributed by atoms with van der Waals surface area (Å²) < 4.78 is 32.9. The van der Waals surface area contributed by atoms with Crippen LogP contribution in [0.3, 0.4) is 0 Å². The zero-order valence-electron chi connectivity index (χ0n) is 21.1. The summed E-state index contributed by atoms with van der Waals surface area (Å²) in [5.74, 6) is -2.15. The van der Waals surface area contributed by atoms with E-state index < -0.39 is 22.5 Å². The maximum absolute atomic E-state index is 13.9. The Morgan fingerprint density at radius 3 is 2.38 bits per heavy atom. The molecule has 0 atom stereocenters. The molecule has 4 aromatic rings. The van der Waals surface area contributed by atoms with Crippen molar-refractivity contribution in [1.82, 2.24) is 5.32 Å². The molecule has 1 aliphatic rings. The molecular formula is C29H22F2N4O5. The Balaban J connectivity index is 1.37. The van der Waals surface area contributed by atoms with Gasteiger partial charge < -0.3 is 20.7 Å². The Kier molecular flexibility index (Phi) is 7.11. The van der Waals surface area contributed by atoms with Crippen LogP contribution in [-0.2, 0) is 17.8 Å². The molecule has 1 heterocycles. The third kappa shape index (κ3) is 5.30. The van der Waals surface area contributed by atoms with Gasteiger partial charge in [0.25, 0.3) is 5.91 Å². The highest BCUT2D eigenvalue weighted by Crippen LogP contribution is 2.37. The highest BCUT2D eigenvalue weighted by molar-refractivity contribution is 6.12. The number of nitrogens with zero attached hydrogens (tertiary/aromatic N) is 1. The van der Waals surface area contributed by atoms with Gasteiger partial charge in [0.05, 0.1) is 41.1 Å². The highest BCUT2D eigenvalue weighted by atomic mass is 19.1. The number of nitro benzene ring substituents is 1. The standard InChI is InChI=1S/C29H22F2N4O5/c1-40-27-14-18(7-10-26(27)35(38)39)17-6-8-19-24(13-17)33-25-11-16(5-9-23(25)34-29(19)37)12-28(36)32-15-20-21(30)3-2-4-22(20)31/h2-11,13-14,33H,12,15H2,1H3,(H,32,36)(H,34,37). The van der Waals surface area contributed by atoms with Gasteiger partial charge in [-0.3, -0.25) is 19.7 Å². The van der Waals surface area contributed by atoms with Gasteiger partial charge in [-0.15, -0.1) is 0 Å². The van der Waals surface area contributed by atoms with Gasteiger partial charge in [0.2, 0.25) is 5.91 Å². The van der Waals surface area contributed by atoms with Crippen LogP contribution < -0.4 is 20.7 Å². The maximum Gasteiger partial charge on any atom is 0.310 e. The first kappa shape index (κ1) is 26.3. The van der Waals surface area contributed by atoms with Crippen LogP contribution in [-0.4, -0.2) is 23.8 Å². The number of benzene rings is 4. The Morgan fingerprint density at radius 2 is 1.65 bits per heavy atom. The summed E-state index contributed by atoms with van der Waals surface area (Å²) in [5.41, 5.74) is 3.45. The number of methoxy groups -OCH3 is 1. The average molecular weight is 545 g/mol. The third-order valence-electron chi connectivity index (χ3n) is 6.46. The fraction of sp³-hybridized carbons (Fsp3) is 0.103. The van der Waals surface area contributed by atoms with E-state index >= 15 is 0 Å². The van der Waals surface area contributed by atoms with E-state index in [1.807, 2.05) is 0 Å². The number of carbonyl (C=O) groups is 2. The molecule has 40 heavy (non-hydrogen) atoms. The minimum atomic E-state index is -0.740. The number of anilines is 3. The lowest BCUT2D eigenvalue weighted by Crippen LogP contribution is -2.25. The molecule has 0 saturated carbocycles. The predicted molar refractivity (Wildman–Crippen MR) is 145 cm³/mol. The average Bonchev–Trinajstić information content (AvgIpc) is 3.07. The monoisotopic (exact) mass is 544 g/mol. The van der Waals surface area contributed by atoms with Crippen molar-refractivity contribution in [3.8, 4) is 16.9 Å². The molecule has 0 fully saturated rings. The van der Waals surface area contributed by atoms with Crippen LogP contribution in [0.2, 0.25) is 0 Å². The molecule has 202 valence electrons. The Bertz CT molecular complexity index is 1650. The van der Waals surface area contributed by atoms with Gasteiger partial charge in [-0.25, -0.2) is 8.78 Å². The number of ether oxygens (including phenoxy) is 1. The van der Waals surface area contributed by atoms with Gasteiger partial charge in [0, 0.05) is 18.2 Å². The predicted octanol–water partition coefficient (Wildman–Crippen LogP) is 5.72. The molecule has 0 spiro atoms. The molecule has 3 N–H and O–H groups in total. The van der Waals surface area contributed by atoms with Gasteiger partial charge in [0.15, 0.2) is 5.75 Å². The first-order chi connectivity index (χ1) is 19.2. The summed E-state index contributed by atoms with van der Waals surface area (Å²) in [7, 11) is 1.35. The zero-order valence-corrected chi connectivity index (χ0v) is 21.1. The number of rotatable bonds is 7. The van der Waals surface area contributed by atoms with Gasteiger partial charge >= 0.3 is 5.69 Å². The Labute approximate surface area is 226 Å². The number of amides is 2. The van der Waals surface area contributed by atoms with Crippen LogP contribution >= 0.6 is 0 Å². The summed E-state index contributed by atoms with van der Waals surface area (Å²) in [4.78, 5) is 36.1. The summed E-state index contributed by atoms with van der Waals surface area (Å²) in [6, 6.07) is 18.1. The zero-order chi connectivity index (χ0) is 28.4. The number of nitrogens with one attached hydrogen (secondary N) is 3. The molecule has 5 rings (SSSR count). The van der Waals surface area contributed by atoms with E-state index in [2.05, 4.69) is 16.0 Å². The lowest BCUT2D eigenvalue weighted by molar-refractivity contribution is -0.385. The second-order valence-electron chi connectivity index (χ2n) is 9.02. The molecule has 0 radical (unpaired) electrons. The maximum atomic E-state index is 13.9. The van der Waals surface area contributed by atoms with Crippen molar-refractivity contribution >= 4 is 34.6 Å². The topological polar surface area (TPSA) is 123 Å². The molecule has 0 bridgehead atoms. The number of hydrogen-bond donors (Lipinski definition) is 3. The summed E-state index contributed by atoms with van der Waals surface area (Å²) in [6.45, 7) is -0.291. The number of nitro groups is 1. The first-order valence-electron chi connectivity index (χ1n) is 12.1. The summed E-state index contributed by atoms with van der Waals surface area (Å²) in [5, 5.41) is 19.8. The van der Waals surface area contributed by atoms with Crippen LogP contribution in [0.5, 0.6) is 5.75 Å². The molecule has 0 aliphatic carbocycles. The summed E-state index contributed by atoms with van der Waals surface area (Å²) in [6.07, 6.45) is -0.0610. The van der Waals surface area contributed by atoms with E-state index in [1.54, 1.807) is 48.5 Å². The smallest absolute Gasteiger partial charge is 0.310 e. The van der Waals surface area contributed by atoms with E-state index in [0.29, 0.717) is 39.3 Å². The van der Waals surface area contributed by atoms with Crippen molar-refractivity contribution in [2.75, 3.05) is 17.7 Å². The quantitative estimate of drug-likeness (QED) is 0.202. The van der Waals surface area contributed by atoms with Crippen molar-refractivity contribution in [2.24, 2.45) is 0 Å². The van der Waals surface area contributed by atoms with Gasteiger partial charge in [-0.1, -0.05) is 18.2 Å². The molecular weight excluding hydrogens is 522 g/mol. The van der Waals surface area contributed by atoms with E-state index in [-0.39, 0.29) is 35.9 Å². The highest BCUT2D eigenvalue weighted by Gasteiger charge is 2.21. The number of fused-ring (bicyclic) bond motifs is 2. The van der Waals surface area contributed by atoms with Crippen LogP contribution in [0.4, 0.5) is 31.5 Å². The molecule has 9 nitrogen and oxygen atoms in total. The second-order valence-corrected chi connectivity index (χ2v) is 9.02. The van der Waals surface area contributed by atoms with E-state index in [9.17, 15) is 28.5 Å².